The second kappa shape index (κ2) is 10.2. The lowest BCUT2D eigenvalue weighted by Gasteiger charge is -2.20. The Labute approximate surface area is 176 Å². The molecule has 0 saturated carbocycles. The van der Waals surface area contributed by atoms with Crippen molar-refractivity contribution < 1.29 is 18.0 Å². The molecule has 1 saturated heterocycles. The lowest BCUT2D eigenvalue weighted by Crippen LogP contribution is -2.32. The summed E-state index contributed by atoms with van der Waals surface area (Å²) in [5.41, 5.74) is 6.86. The van der Waals surface area contributed by atoms with Crippen LogP contribution >= 0.6 is 0 Å². The number of nitrogens with zero attached hydrogens (tertiary/aromatic N) is 2. The number of hydrogen-bond donors (Lipinski definition) is 2. The summed E-state index contributed by atoms with van der Waals surface area (Å²) in [6.45, 7) is 0.692. The van der Waals surface area contributed by atoms with Crippen molar-refractivity contribution in [2.75, 3.05) is 25.0 Å². The fourth-order valence-corrected chi connectivity index (χ4v) is 4.75. The smallest absolute Gasteiger partial charge is 0.265 e. The normalized spacial score (nSPS) is 15.9. The lowest BCUT2D eigenvalue weighted by atomic mass is 10.2. The molecule has 0 aliphatic carbocycles. The molecular weight excluding hydrogens is 404 g/mol. The highest BCUT2D eigenvalue weighted by atomic mass is 32.2. The molecule has 0 spiro atoms. The van der Waals surface area contributed by atoms with Gasteiger partial charge in [0.2, 0.25) is 10.0 Å². The van der Waals surface area contributed by atoms with E-state index in [1.807, 2.05) is 18.2 Å². The summed E-state index contributed by atoms with van der Waals surface area (Å²) in [6, 6.07) is 15.3. The summed E-state index contributed by atoms with van der Waals surface area (Å²) in [5, 5.41) is 6.36. The van der Waals surface area contributed by atoms with Crippen LogP contribution in [0.5, 0.6) is 0 Å². The largest absolute Gasteiger partial charge is 0.384 e. The third-order valence-electron chi connectivity index (χ3n) is 4.75. The fraction of sp³-hybridized carbons (Fsp3) is 0.333. The van der Waals surface area contributed by atoms with E-state index in [0.29, 0.717) is 24.3 Å². The van der Waals surface area contributed by atoms with Crippen LogP contribution in [0.25, 0.3) is 0 Å². The van der Waals surface area contributed by atoms with Crippen LogP contribution in [0.4, 0.5) is 5.69 Å². The first-order valence-corrected chi connectivity index (χ1v) is 11.3. The number of anilines is 1. The Morgan fingerprint density at radius 1 is 1.03 bits per heavy atom. The summed E-state index contributed by atoms with van der Waals surface area (Å²) in [6.07, 6.45) is 3.80. The molecule has 3 rings (SSSR count). The number of amides is 1. The molecule has 0 aromatic heterocycles. The molecule has 2 aromatic rings. The van der Waals surface area contributed by atoms with E-state index >= 15 is 0 Å². The predicted molar refractivity (Wildman–Crippen MR) is 115 cm³/mol. The van der Waals surface area contributed by atoms with Gasteiger partial charge in [-0.3, -0.25) is 4.79 Å². The van der Waals surface area contributed by atoms with Crippen molar-refractivity contribution >= 4 is 27.5 Å². The Kier molecular flexibility index (Phi) is 7.42. The van der Waals surface area contributed by atoms with Gasteiger partial charge in [0.05, 0.1) is 4.90 Å². The van der Waals surface area contributed by atoms with Gasteiger partial charge in [0.15, 0.2) is 12.4 Å². The quantitative estimate of drug-likeness (QED) is 0.398. The molecular formula is C21H26N4O4S. The maximum Gasteiger partial charge on any atom is 0.265 e. The minimum absolute atomic E-state index is 0.161. The van der Waals surface area contributed by atoms with Crippen molar-refractivity contribution in [2.24, 2.45) is 10.9 Å². The molecule has 2 aromatic carbocycles. The van der Waals surface area contributed by atoms with Gasteiger partial charge in [-0.15, -0.1) is 0 Å². The van der Waals surface area contributed by atoms with E-state index < -0.39 is 15.9 Å². The van der Waals surface area contributed by atoms with Gasteiger partial charge in [-0.25, -0.2) is 8.42 Å². The SMILES string of the molecule is N/C(=N\OCC(=O)Nc1cccc(S(=O)(=O)N2CCCCCC2)c1)c1ccccc1. The molecule has 1 heterocycles. The van der Waals surface area contributed by atoms with Gasteiger partial charge in [-0.1, -0.05) is 54.4 Å². The number of carbonyl (C=O) groups is 1. The molecule has 0 bridgehead atoms. The van der Waals surface area contributed by atoms with Gasteiger partial charge in [-0.2, -0.15) is 4.31 Å². The number of benzene rings is 2. The van der Waals surface area contributed by atoms with E-state index in [4.69, 9.17) is 10.6 Å². The third kappa shape index (κ3) is 5.80. The molecule has 0 atom stereocenters. The zero-order chi connectivity index (χ0) is 21.4. The lowest BCUT2D eigenvalue weighted by molar-refractivity contribution is -0.120. The molecule has 0 unspecified atom stereocenters. The van der Waals surface area contributed by atoms with Crippen molar-refractivity contribution in [1.29, 1.82) is 0 Å². The van der Waals surface area contributed by atoms with Crippen LogP contribution in [-0.2, 0) is 19.7 Å². The molecule has 30 heavy (non-hydrogen) atoms. The van der Waals surface area contributed by atoms with Gasteiger partial charge in [0.25, 0.3) is 5.91 Å². The van der Waals surface area contributed by atoms with E-state index in [0.717, 1.165) is 25.7 Å². The second-order valence-corrected chi connectivity index (χ2v) is 8.95. The molecule has 9 heteroatoms. The van der Waals surface area contributed by atoms with Gasteiger partial charge >= 0.3 is 0 Å². The minimum Gasteiger partial charge on any atom is -0.384 e. The number of nitrogens with one attached hydrogen (secondary N) is 1. The third-order valence-corrected chi connectivity index (χ3v) is 6.64. The number of hydrogen-bond acceptors (Lipinski definition) is 5. The molecule has 0 radical (unpaired) electrons. The topological polar surface area (TPSA) is 114 Å². The molecule has 1 aliphatic heterocycles. The summed E-state index contributed by atoms with van der Waals surface area (Å²) in [7, 11) is -3.59. The number of oxime groups is 1. The highest BCUT2D eigenvalue weighted by Crippen LogP contribution is 2.22. The molecule has 160 valence electrons. The first-order chi connectivity index (χ1) is 14.5. The van der Waals surface area contributed by atoms with Crippen molar-refractivity contribution in [3.8, 4) is 0 Å². The van der Waals surface area contributed by atoms with E-state index in [-0.39, 0.29) is 17.3 Å². The summed E-state index contributed by atoms with van der Waals surface area (Å²) in [5.74, 6) is -0.308. The highest BCUT2D eigenvalue weighted by molar-refractivity contribution is 7.89. The zero-order valence-electron chi connectivity index (χ0n) is 16.7. The number of rotatable bonds is 7. The first kappa shape index (κ1) is 21.8. The number of carbonyl (C=O) groups excluding carboxylic acids is 1. The molecule has 3 N–H and O–H groups in total. The van der Waals surface area contributed by atoms with E-state index in [9.17, 15) is 13.2 Å². The summed E-state index contributed by atoms with van der Waals surface area (Å²) in [4.78, 5) is 17.3. The van der Waals surface area contributed by atoms with Gasteiger partial charge in [-0.05, 0) is 31.0 Å². The molecule has 1 aliphatic rings. The molecule has 8 nitrogen and oxygen atoms in total. The number of amidine groups is 1. The average Bonchev–Trinajstić information content (AvgIpc) is 3.05. The molecule has 1 fully saturated rings. The Morgan fingerprint density at radius 2 is 1.73 bits per heavy atom. The summed E-state index contributed by atoms with van der Waals surface area (Å²) < 4.78 is 27.4. The van der Waals surface area contributed by atoms with Crippen LogP contribution in [-0.4, -0.2) is 44.2 Å². The fourth-order valence-electron chi connectivity index (χ4n) is 3.18. The first-order valence-electron chi connectivity index (χ1n) is 9.88. The number of sulfonamides is 1. The maximum atomic E-state index is 12.9. The summed E-state index contributed by atoms with van der Waals surface area (Å²) >= 11 is 0. The van der Waals surface area contributed by atoms with E-state index in [1.165, 1.54) is 16.4 Å². The average molecular weight is 431 g/mol. The van der Waals surface area contributed by atoms with Crippen LogP contribution in [0, 0.1) is 0 Å². The van der Waals surface area contributed by atoms with Crippen LogP contribution in [0.2, 0.25) is 0 Å². The van der Waals surface area contributed by atoms with Crippen molar-refractivity contribution in [1.82, 2.24) is 4.31 Å². The van der Waals surface area contributed by atoms with Gasteiger partial charge in [0.1, 0.15) is 0 Å². The van der Waals surface area contributed by atoms with Crippen molar-refractivity contribution in [3.63, 3.8) is 0 Å². The predicted octanol–water partition coefficient (Wildman–Crippen LogP) is 2.53. The van der Waals surface area contributed by atoms with E-state index in [1.54, 1.807) is 24.3 Å². The molecule has 1 amide bonds. The van der Waals surface area contributed by atoms with Crippen molar-refractivity contribution in [2.45, 2.75) is 30.6 Å². The maximum absolute atomic E-state index is 12.9. The van der Waals surface area contributed by atoms with Crippen LogP contribution in [0.3, 0.4) is 0 Å². The van der Waals surface area contributed by atoms with Crippen molar-refractivity contribution in [3.05, 3.63) is 60.2 Å². The van der Waals surface area contributed by atoms with Crippen LogP contribution in [0.15, 0.2) is 64.6 Å². The second-order valence-electron chi connectivity index (χ2n) is 7.01. The monoisotopic (exact) mass is 430 g/mol. The van der Waals surface area contributed by atoms with Gasteiger partial charge in [0, 0.05) is 24.3 Å². The Bertz CT molecular complexity index is 985. The Balaban J connectivity index is 1.60. The van der Waals surface area contributed by atoms with Gasteiger partial charge < -0.3 is 15.9 Å². The number of nitrogens with two attached hydrogens (primary N) is 1. The Hall–Kier alpha value is -2.91. The van der Waals surface area contributed by atoms with Crippen LogP contribution < -0.4 is 11.1 Å². The van der Waals surface area contributed by atoms with E-state index in [2.05, 4.69) is 10.5 Å². The standard InChI is InChI=1S/C21H26N4O4S/c22-21(17-9-4-3-5-10-17)24-29-16-20(26)23-18-11-8-12-19(15-18)30(27,28)25-13-6-1-2-7-14-25/h3-5,8-12,15H,1-2,6-7,13-14,16H2,(H2,22,24)(H,23,26). The highest BCUT2D eigenvalue weighted by Gasteiger charge is 2.25. The Morgan fingerprint density at radius 3 is 2.43 bits per heavy atom. The zero-order valence-corrected chi connectivity index (χ0v) is 17.5. The van der Waals surface area contributed by atoms with Crippen LogP contribution in [0.1, 0.15) is 31.2 Å². The minimum atomic E-state index is -3.59.